The van der Waals surface area contributed by atoms with Crippen molar-refractivity contribution in [3.63, 3.8) is 0 Å². The third-order valence-electron chi connectivity index (χ3n) is 10.4. The second-order valence-electron chi connectivity index (χ2n) is 13.6. The number of hydrogen-bond acceptors (Lipinski definition) is 4. The molecule has 1 aliphatic rings. The summed E-state index contributed by atoms with van der Waals surface area (Å²) >= 11 is 1.83. The van der Waals surface area contributed by atoms with E-state index < -0.39 is 5.54 Å². The highest BCUT2D eigenvalue weighted by molar-refractivity contribution is 7.26. The zero-order chi connectivity index (χ0) is 33.9. The van der Waals surface area contributed by atoms with Crippen molar-refractivity contribution >= 4 is 116 Å². The molecule has 9 aromatic rings. The number of thiophene rings is 1. The first-order chi connectivity index (χ1) is 24.3. The lowest BCUT2D eigenvalue weighted by Crippen LogP contribution is -2.42. The fourth-order valence-electron chi connectivity index (χ4n) is 8.25. The van der Waals surface area contributed by atoms with E-state index in [0.29, 0.717) is 33.6 Å². The molecule has 0 spiro atoms. The maximum absolute atomic E-state index is 6.67. The number of hydrogen-bond donors (Lipinski definition) is 0. The fraction of sp³-hybridized carbons (Fsp3) is 0.0698. The Kier molecular flexibility index (Phi) is 6.23. The van der Waals surface area contributed by atoms with Gasteiger partial charge in [-0.3, -0.25) is 4.90 Å². The van der Waals surface area contributed by atoms with Gasteiger partial charge in [-0.25, -0.2) is 9.97 Å². The van der Waals surface area contributed by atoms with Crippen molar-refractivity contribution in [2.24, 2.45) is 0 Å². The highest BCUT2D eigenvalue weighted by Crippen LogP contribution is 2.59. The monoisotopic (exact) mass is 649 g/mol. The summed E-state index contributed by atoms with van der Waals surface area (Å²) in [5, 5.41) is 8.23. The smallest absolute Gasteiger partial charge is 0.231 e. The maximum atomic E-state index is 6.67. The summed E-state index contributed by atoms with van der Waals surface area (Å²) in [6.45, 7) is 4.56. The molecule has 7 aromatic carbocycles. The molecule has 0 saturated carbocycles. The number of anilines is 2. The third kappa shape index (κ3) is 4.01. The largest absolute Gasteiger partial charge is 0.299 e. The van der Waals surface area contributed by atoms with Crippen molar-refractivity contribution in [3.05, 3.63) is 127 Å². The van der Waals surface area contributed by atoms with Gasteiger partial charge in [0.2, 0.25) is 5.95 Å². The second kappa shape index (κ2) is 10.6. The van der Waals surface area contributed by atoms with Gasteiger partial charge in [0.25, 0.3) is 0 Å². The first-order valence-electron chi connectivity index (χ1n) is 16.7. The number of fused-ring (bicyclic) bond motifs is 13. The highest BCUT2D eigenvalue weighted by Gasteiger charge is 2.43. The van der Waals surface area contributed by atoms with Crippen molar-refractivity contribution in [2.75, 3.05) is 4.90 Å². The van der Waals surface area contributed by atoms with Gasteiger partial charge in [0.05, 0.1) is 27.1 Å². The molecule has 1 aliphatic heterocycles. The van der Waals surface area contributed by atoms with Crippen LogP contribution in [0.2, 0.25) is 0 Å². The van der Waals surface area contributed by atoms with E-state index in [-0.39, 0.29) is 0 Å². The summed E-state index contributed by atoms with van der Waals surface area (Å²) in [5.41, 5.74) is 7.79. The molecule has 7 heteroatoms. The molecular weight excluding hydrogens is 623 g/mol. The predicted molar refractivity (Wildman–Crippen MR) is 216 cm³/mol. The third-order valence-corrected chi connectivity index (χ3v) is 11.6. The lowest BCUT2D eigenvalue weighted by molar-refractivity contribution is 0.525. The Bertz CT molecular complexity index is 2890. The van der Waals surface area contributed by atoms with E-state index in [2.05, 4.69) is 104 Å². The Morgan fingerprint density at radius 1 is 0.600 bits per heavy atom. The van der Waals surface area contributed by atoms with E-state index in [1.54, 1.807) is 12.1 Å². The number of aromatic nitrogens is 2. The Morgan fingerprint density at radius 3 is 2.02 bits per heavy atom. The van der Waals surface area contributed by atoms with Crippen LogP contribution in [0, 0.1) is 0 Å². The average Bonchev–Trinajstić information content (AvgIpc) is 3.51. The molecule has 2 aromatic heterocycles. The second-order valence-corrected chi connectivity index (χ2v) is 14.7. The van der Waals surface area contributed by atoms with Crippen molar-refractivity contribution in [2.45, 2.75) is 19.4 Å². The van der Waals surface area contributed by atoms with Crippen LogP contribution in [-0.4, -0.2) is 33.5 Å². The Balaban J connectivity index is 1.42. The zero-order valence-electron chi connectivity index (χ0n) is 27.5. The normalized spacial score (nSPS) is 13.8. The quantitative estimate of drug-likeness (QED) is 0.176. The van der Waals surface area contributed by atoms with Crippen LogP contribution in [0.1, 0.15) is 19.4 Å². The Hall–Kier alpha value is -5.39. The maximum Gasteiger partial charge on any atom is 0.231 e. The molecular formula is C43H26B3N3S. The van der Waals surface area contributed by atoms with E-state index in [0.717, 1.165) is 16.6 Å². The van der Waals surface area contributed by atoms with Gasteiger partial charge in [0.1, 0.15) is 23.5 Å². The Labute approximate surface area is 297 Å². The molecule has 0 N–H and O–H groups in total. The molecule has 0 atom stereocenters. The van der Waals surface area contributed by atoms with Crippen LogP contribution in [0.4, 0.5) is 11.6 Å². The Morgan fingerprint density at radius 2 is 1.24 bits per heavy atom. The number of para-hydroxylation sites is 1. The molecule has 0 aliphatic carbocycles. The van der Waals surface area contributed by atoms with Gasteiger partial charge in [-0.05, 0) is 64.2 Å². The van der Waals surface area contributed by atoms with E-state index >= 15 is 0 Å². The standard InChI is InChI=1S/C43H26B3N3S/c1-43(2)30-20-19-23-11-3-4-12-25(23)36(30)37-27-14-6-5-13-26(27)35-29-16-8-10-18-34(29)50-41(35)40(37)49(43)42-47-33-17-9-7-15-28(33)39(48-42)38-31(45)21-24(44)22-32(38)46/h3-22H,1-2H3. The summed E-state index contributed by atoms with van der Waals surface area (Å²) in [5.74, 6) is 0.577. The molecule has 3 nitrogen and oxygen atoms in total. The SMILES string of the molecule is [B]c1cc([B])c(-c2nc(N3c4c(c5ccccc5c5c4sc4ccccc45)-c4c(ccc5ccccc45)C3(C)C)nc3ccccc23)c([B])c1. The van der Waals surface area contributed by atoms with Crippen LogP contribution in [0.5, 0.6) is 0 Å². The first-order valence-corrected chi connectivity index (χ1v) is 17.5. The number of nitrogens with zero attached hydrogens (tertiary/aromatic N) is 3. The number of benzene rings is 7. The van der Waals surface area contributed by atoms with Gasteiger partial charge in [0.15, 0.2) is 0 Å². The molecule has 0 saturated heterocycles. The minimum atomic E-state index is -0.574. The van der Waals surface area contributed by atoms with Crippen LogP contribution < -0.4 is 21.3 Å². The van der Waals surface area contributed by atoms with Crippen LogP contribution >= 0.6 is 11.3 Å². The summed E-state index contributed by atoms with van der Waals surface area (Å²) in [4.78, 5) is 13.1. The van der Waals surface area contributed by atoms with Crippen LogP contribution in [0.25, 0.3) is 75.0 Å². The fourth-order valence-corrected chi connectivity index (χ4v) is 9.51. The van der Waals surface area contributed by atoms with Crippen molar-refractivity contribution in [3.8, 4) is 22.4 Å². The van der Waals surface area contributed by atoms with Crippen LogP contribution in [0.15, 0.2) is 121 Å². The molecule has 6 radical (unpaired) electrons. The van der Waals surface area contributed by atoms with E-state index in [9.17, 15) is 0 Å². The van der Waals surface area contributed by atoms with E-state index in [1.165, 1.54) is 58.4 Å². The molecule has 3 heterocycles. The molecule has 10 rings (SSSR count). The van der Waals surface area contributed by atoms with Crippen LogP contribution in [0.3, 0.4) is 0 Å². The van der Waals surface area contributed by atoms with Gasteiger partial charge in [0, 0.05) is 26.4 Å². The lowest BCUT2D eigenvalue weighted by atomic mass is 9.74. The van der Waals surface area contributed by atoms with E-state index in [1.807, 2.05) is 35.6 Å². The van der Waals surface area contributed by atoms with Gasteiger partial charge < -0.3 is 0 Å². The molecule has 50 heavy (non-hydrogen) atoms. The van der Waals surface area contributed by atoms with Crippen LogP contribution in [-0.2, 0) is 5.54 Å². The topological polar surface area (TPSA) is 29.0 Å². The van der Waals surface area contributed by atoms with Gasteiger partial charge in [-0.2, -0.15) is 0 Å². The van der Waals surface area contributed by atoms with Crippen molar-refractivity contribution < 1.29 is 0 Å². The molecule has 0 fully saturated rings. The predicted octanol–water partition coefficient (Wildman–Crippen LogP) is 8.41. The van der Waals surface area contributed by atoms with Gasteiger partial charge in [-0.15, -0.1) is 11.3 Å². The summed E-state index contributed by atoms with van der Waals surface area (Å²) in [6, 6.07) is 42.3. The average molecular weight is 649 g/mol. The molecule has 0 bridgehead atoms. The van der Waals surface area contributed by atoms with E-state index in [4.69, 9.17) is 33.5 Å². The molecule has 0 amide bonds. The summed E-state index contributed by atoms with van der Waals surface area (Å²) in [6.07, 6.45) is 0. The minimum Gasteiger partial charge on any atom is -0.299 e. The first kappa shape index (κ1) is 29.5. The molecule has 0 unspecified atom stereocenters. The highest BCUT2D eigenvalue weighted by atomic mass is 32.1. The minimum absolute atomic E-state index is 0.477. The van der Waals surface area contributed by atoms with Crippen molar-refractivity contribution in [1.29, 1.82) is 0 Å². The summed E-state index contributed by atoms with van der Waals surface area (Å²) in [7, 11) is 19.5. The number of rotatable bonds is 2. The molecule has 228 valence electrons. The van der Waals surface area contributed by atoms with Gasteiger partial charge >= 0.3 is 0 Å². The zero-order valence-corrected chi connectivity index (χ0v) is 28.3. The van der Waals surface area contributed by atoms with Gasteiger partial charge in [-0.1, -0.05) is 126 Å². The van der Waals surface area contributed by atoms with Crippen molar-refractivity contribution in [1.82, 2.24) is 9.97 Å². The lowest BCUT2D eigenvalue weighted by Gasteiger charge is -2.46. The summed E-state index contributed by atoms with van der Waals surface area (Å²) < 4.78 is 2.45.